The van der Waals surface area contributed by atoms with Crippen molar-refractivity contribution in [2.24, 2.45) is 0 Å². The summed E-state index contributed by atoms with van der Waals surface area (Å²) in [5.74, 6) is 1.14. The molecule has 0 bridgehead atoms. The van der Waals surface area contributed by atoms with Gasteiger partial charge in [-0.3, -0.25) is 4.79 Å². The molecule has 0 atom stereocenters. The lowest BCUT2D eigenvalue weighted by Crippen LogP contribution is -2.30. The van der Waals surface area contributed by atoms with Crippen LogP contribution in [0.1, 0.15) is 18.1 Å². The molecule has 0 radical (unpaired) electrons. The van der Waals surface area contributed by atoms with Gasteiger partial charge in [0.25, 0.3) is 5.91 Å². The summed E-state index contributed by atoms with van der Waals surface area (Å²) >= 11 is 5.44. The fraction of sp³-hybridized carbons (Fsp3) is 0.154. The van der Waals surface area contributed by atoms with E-state index in [1.54, 1.807) is 43.5 Å². The van der Waals surface area contributed by atoms with Crippen molar-refractivity contribution < 1.29 is 23.4 Å². The third-order valence-electron chi connectivity index (χ3n) is 5.11. The largest absolute Gasteiger partial charge is 0.496 e. The molecule has 0 aromatic heterocycles. The van der Waals surface area contributed by atoms with E-state index in [1.807, 2.05) is 31.2 Å². The normalized spacial score (nSPS) is 14.3. The number of hydrogen-bond donors (Lipinski definition) is 1. The minimum absolute atomic E-state index is 0.208. The van der Waals surface area contributed by atoms with Crippen LogP contribution in [0.5, 0.6) is 17.2 Å². The molecule has 6 nitrogen and oxygen atoms in total. The second-order valence-electron chi connectivity index (χ2n) is 7.34. The second kappa shape index (κ2) is 10.4. The zero-order chi connectivity index (χ0) is 24.1. The van der Waals surface area contributed by atoms with Crippen molar-refractivity contribution in [2.75, 3.05) is 18.6 Å². The van der Waals surface area contributed by atoms with Gasteiger partial charge < -0.3 is 19.5 Å². The summed E-state index contributed by atoms with van der Waals surface area (Å²) in [6.07, 6.45) is 1.72. The maximum atomic E-state index is 13.2. The Bertz CT molecular complexity index is 1240. The van der Waals surface area contributed by atoms with Gasteiger partial charge >= 0.3 is 0 Å². The second-order valence-corrected chi connectivity index (χ2v) is 7.73. The molecule has 1 aliphatic heterocycles. The molecule has 1 saturated heterocycles. The van der Waals surface area contributed by atoms with E-state index < -0.39 is 0 Å². The van der Waals surface area contributed by atoms with Gasteiger partial charge in [-0.15, -0.1) is 0 Å². The Labute approximate surface area is 202 Å². The fourth-order valence-corrected chi connectivity index (χ4v) is 3.82. The van der Waals surface area contributed by atoms with Gasteiger partial charge in [-0.05, 0) is 79.3 Å². The van der Waals surface area contributed by atoms with E-state index in [9.17, 15) is 9.18 Å². The quantitative estimate of drug-likeness (QED) is 0.360. The van der Waals surface area contributed by atoms with Crippen LogP contribution in [0, 0.1) is 5.82 Å². The summed E-state index contributed by atoms with van der Waals surface area (Å²) in [7, 11) is 1.57. The number of methoxy groups -OCH3 is 1. The molecule has 0 saturated carbocycles. The first kappa shape index (κ1) is 23.3. The van der Waals surface area contributed by atoms with Crippen molar-refractivity contribution in [3.05, 3.63) is 89.4 Å². The van der Waals surface area contributed by atoms with E-state index in [0.29, 0.717) is 35.2 Å². The number of amides is 1. The summed E-state index contributed by atoms with van der Waals surface area (Å²) in [4.78, 5) is 14.6. The molecule has 1 fully saturated rings. The number of anilines is 1. The van der Waals surface area contributed by atoms with Crippen LogP contribution in [0.15, 0.2) is 72.4 Å². The molecule has 0 unspecified atom stereocenters. The number of carbonyl (C=O) groups excluding carboxylic acids is 1. The molecule has 3 aromatic rings. The van der Waals surface area contributed by atoms with Gasteiger partial charge in [-0.2, -0.15) is 0 Å². The Kier molecular flexibility index (Phi) is 7.08. The van der Waals surface area contributed by atoms with Crippen LogP contribution in [-0.4, -0.2) is 24.7 Å². The molecule has 3 aromatic carbocycles. The minimum atomic E-state index is -0.330. The highest BCUT2D eigenvalue weighted by atomic mass is 32.1. The molecule has 0 spiro atoms. The molecule has 8 heteroatoms. The van der Waals surface area contributed by atoms with Crippen molar-refractivity contribution in [3.63, 3.8) is 0 Å². The molecule has 4 rings (SSSR count). The van der Waals surface area contributed by atoms with Crippen molar-refractivity contribution in [3.8, 4) is 17.2 Å². The van der Waals surface area contributed by atoms with E-state index in [2.05, 4.69) is 5.32 Å². The van der Waals surface area contributed by atoms with Gasteiger partial charge in [0.05, 0.1) is 19.4 Å². The number of thiocarbonyl (C=S) groups is 1. The number of para-hydroxylation sites is 2. The van der Waals surface area contributed by atoms with Crippen molar-refractivity contribution >= 4 is 35.0 Å². The van der Waals surface area contributed by atoms with Gasteiger partial charge in [0.15, 0.2) is 5.11 Å². The first-order valence-electron chi connectivity index (χ1n) is 10.6. The first-order chi connectivity index (χ1) is 16.5. The van der Waals surface area contributed by atoms with Crippen LogP contribution >= 0.6 is 12.2 Å². The topological polar surface area (TPSA) is 60.0 Å². The number of rotatable bonds is 8. The van der Waals surface area contributed by atoms with Crippen LogP contribution in [-0.2, 0) is 11.4 Å². The maximum Gasteiger partial charge on any atom is 0.281 e. The van der Waals surface area contributed by atoms with Gasteiger partial charge in [0.2, 0.25) is 0 Å². The highest BCUT2D eigenvalue weighted by Crippen LogP contribution is 2.32. The Morgan fingerprint density at radius 2 is 1.79 bits per heavy atom. The Morgan fingerprint density at radius 1 is 1.03 bits per heavy atom. The lowest BCUT2D eigenvalue weighted by molar-refractivity contribution is -0.113. The standard InChI is InChI=1S/C26H23FN2O4S/c1-3-32-24-7-5-4-6-22(24)29-25(30)21(28-26(29)34)15-17-8-13-23(31-2)18(14-17)16-33-20-11-9-19(27)10-12-20/h4-15H,3,16H2,1-2H3,(H,28,34)/b21-15+. The van der Waals surface area contributed by atoms with E-state index in [0.717, 1.165) is 11.1 Å². The number of carbonyl (C=O) groups is 1. The summed E-state index contributed by atoms with van der Waals surface area (Å²) in [6.45, 7) is 2.56. The van der Waals surface area contributed by atoms with Crippen LogP contribution in [0.3, 0.4) is 0 Å². The maximum absolute atomic E-state index is 13.2. The molecular weight excluding hydrogens is 455 g/mol. The van der Waals surface area contributed by atoms with Crippen LogP contribution in [0.25, 0.3) is 6.08 Å². The number of nitrogens with one attached hydrogen (secondary N) is 1. The van der Waals surface area contributed by atoms with E-state index in [-0.39, 0.29) is 23.4 Å². The van der Waals surface area contributed by atoms with Crippen molar-refractivity contribution in [1.29, 1.82) is 0 Å². The van der Waals surface area contributed by atoms with Gasteiger partial charge in [-0.1, -0.05) is 18.2 Å². The number of benzene rings is 3. The van der Waals surface area contributed by atoms with E-state index >= 15 is 0 Å². The first-order valence-corrected chi connectivity index (χ1v) is 11.0. The van der Waals surface area contributed by atoms with E-state index in [4.69, 9.17) is 26.4 Å². The average Bonchev–Trinajstić information content (AvgIpc) is 3.12. The average molecular weight is 479 g/mol. The van der Waals surface area contributed by atoms with E-state index in [1.165, 1.54) is 17.0 Å². The lowest BCUT2D eigenvalue weighted by Gasteiger charge is -2.18. The Balaban J connectivity index is 1.58. The lowest BCUT2D eigenvalue weighted by atomic mass is 10.1. The smallest absolute Gasteiger partial charge is 0.281 e. The minimum Gasteiger partial charge on any atom is -0.496 e. The highest BCUT2D eigenvalue weighted by molar-refractivity contribution is 7.80. The zero-order valence-corrected chi connectivity index (χ0v) is 19.5. The van der Waals surface area contributed by atoms with Gasteiger partial charge in [0, 0.05) is 5.56 Å². The summed E-state index contributed by atoms with van der Waals surface area (Å²) < 4.78 is 30.0. The monoisotopic (exact) mass is 478 g/mol. The van der Waals surface area contributed by atoms with Gasteiger partial charge in [-0.25, -0.2) is 9.29 Å². The number of hydrogen-bond acceptors (Lipinski definition) is 5. The molecule has 1 heterocycles. The predicted molar refractivity (Wildman–Crippen MR) is 133 cm³/mol. The summed E-state index contributed by atoms with van der Waals surface area (Å²) in [5, 5.41) is 3.27. The number of nitrogens with zero attached hydrogens (tertiary/aromatic N) is 1. The molecule has 34 heavy (non-hydrogen) atoms. The summed E-state index contributed by atoms with van der Waals surface area (Å²) in [5.41, 5.74) is 2.45. The van der Waals surface area contributed by atoms with Gasteiger partial charge in [0.1, 0.15) is 35.4 Å². The van der Waals surface area contributed by atoms with Crippen molar-refractivity contribution in [1.82, 2.24) is 5.32 Å². The fourth-order valence-electron chi connectivity index (χ4n) is 3.53. The Hall–Kier alpha value is -3.91. The SMILES string of the molecule is CCOc1ccccc1N1C(=O)/C(=C\c2ccc(OC)c(COc3ccc(F)cc3)c2)NC1=S. The molecule has 174 valence electrons. The molecule has 1 N–H and O–H groups in total. The third-order valence-corrected chi connectivity index (χ3v) is 5.39. The third kappa shape index (κ3) is 5.02. The van der Waals surface area contributed by atoms with Crippen molar-refractivity contribution in [2.45, 2.75) is 13.5 Å². The molecule has 0 aliphatic carbocycles. The number of ether oxygens (including phenoxy) is 3. The molecule has 1 amide bonds. The van der Waals surface area contributed by atoms with Crippen LogP contribution in [0.2, 0.25) is 0 Å². The number of halogens is 1. The summed E-state index contributed by atoms with van der Waals surface area (Å²) in [6, 6.07) is 18.6. The van der Waals surface area contributed by atoms with Crippen LogP contribution in [0.4, 0.5) is 10.1 Å². The Morgan fingerprint density at radius 3 is 2.53 bits per heavy atom. The highest BCUT2D eigenvalue weighted by Gasteiger charge is 2.33. The zero-order valence-electron chi connectivity index (χ0n) is 18.7. The van der Waals surface area contributed by atoms with Crippen LogP contribution < -0.4 is 24.4 Å². The molecular formula is C26H23FN2O4S. The molecule has 1 aliphatic rings. The predicted octanol–water partition coefficient (Wildman–Crippen LogP) is 5.07.